The highest BCUT2D eigenvalue weighted by atomic mass is 16.3. The van der Waals surface area contributed by atoms with Crippen molar-refractivity contribution in [3.8, 4) is 5.88 Å². The topological polar surface area (TPSA) is 113 Å². The minimum atomic E-state index is -0.630. The fourth-order valence-corrected chi connectivity index (χ4v) is 3.52. The number of nitrogens with one attached hydrogen (secondary N) is 1. The van der Waals surface area contributed by atoms with Crippen molar-refractivity contribution in [1.29, 1.82) is 0 Å². The van der Waals surface area contributed by atoms with Gasteiger partial charge in [-0.1, -0.05) is 38.3 Å². The van der Waals surface area contributed by atoms with Crippen LogP contribution in [-0.4, -0.2) is 20.4 Å². The van der Waals surface area contributed by atoms with E-state index in [1.807, 2.05) is 6.92 Å². The smallest absolute Gasteiger partial charge is 0.331 e. The summed E-state index contributed by atoms with van der Waals surface area (Å²) >= 11 is 0. The minimum Gasteiger partial charge on any atom is -0.494 e. The van der Waals surface area contributed by atoms with Crippen LogP contribution in [-0.2, 0) is 0 Å². The number of aromatic amines is 1. The molecule has 3 rings (SSSR count). The highest BCUT2D eigenvalue weighted by molar-refractivity contribution is 6.03. The third kappa shape index (κ3) is 3.42. The number of aliphatic imine (C=N–C) groups is 1. The van der Waals surface area contributed by atoms with E-state index in [4.69, 9.17) is 5.73 Å². The van der Waals surface area contributed by atoms with Crippen LogP contribution in [0.4, 0.5) is 11.4 Å². The van der Waals surface area contributed by atoms with E-state index in [9.17, 15) is 14.7 Å². The van der Waals surface area contributed by atoms with Crippen molar-refractivity contribution in [3.05, 3.63) is 50.7 Å². The average molecular weight is 356 g/mol. The number of H-pyrrole nitrogens is 1. The maximum Gasteiger partial charge on any atom is 0.331 e. The van der Waals surface area contributed by atoms with E-state index in [1.165, 1.54) is 4.57 Å². The van der Waals surface area contributed by atoms with Crippen molar-refractivity contribution >= 4 is 17.1 Å². The molecule has 0 atom stereocenters. The van der Waals surface area contributed by atoms with Crippen molar-refractivity contribution in [1.82, 2.24) is 9.55 Å². The van der Waals surface area contributed by atoms with E-state index >= 15 is 0 Å². The highest BCUT2D eigenvalue weighted by Gasteiger charge is 2.24. The molecule has 0 radical (unpaired) electrons. The second-order valence-corrected chi connectivity index (χ2v) is 6.59. The molecular weight excluding hydrogens is 332 g/mol. The third-order valence-corrected chi connectivity index (χ3v) is 4.87. The van der Waals surface area contributed by atoms with Crippen LogP contribution in [0.5, 0.6) is 5.88 Å². The van der Waals surface area contributed by atoms with Crippen molar-refractivity contribution in [2.75, 3.05) is 5.73 Å². The summed E-state index contributed by atoms with van der Waals surface area (Å²) in [5, 5.41) is 10.8. The molecule has 138 valence electrons. The monoisotopic (exact) mass is 356 g/mol. The number of aromatic hydroxyl groups is 1. The number of nitrogens with zero attached hydrogens (tertiary/aromatic N) is 2. The molecule has 1 saturated carbocycles. The maximum absolute atomic E-state index is 12.4. The van der Waals surface area contributed by atoms with Gasteiger partial charge < -0.3 is 10.8 Å². The first kappa shape index (κ1) is 18.0. The van der Waals surface area contributed by atoms with Crippen LogP contribution in [0, 0.1) is 0 Å². The molecule has 1 heterocycles. The Hall–Kier alpha value is -2.83. The molecule has 1 fully saturated rings. The van der Waals surface area contributed by atoms with Gasteiger partial charge in [0.25, 0.3) is 5.56 Å². The molecule has 7 heteroatoms. The summed E-state index contributed by atoms with van der Waals surface area (Å²) in [7, 11) is 0. The Bertz CT molecular complexity index is 937. The molecular formula is C19H24N4O3. The van der Waals surface area contributed by atoms with Gasteiger partial charge in [0.05, 0.1) is 17.1 Å². The van der Waals surface area contributed by atoms with Crippen molar-refractivity contribution in [2.45, 2.75) is 51.5 Å². The lowest BCUT2D eigenvalue weighted by atomic mass is 9.95. The van der Waals surface area contributed by atoms with Gasteiger partial charge in [-0.3, -0.25) is 19.3 Å². The van der Waals surface area contributed by atoms with Gasteiger partial charge in [-0.15, -0.1) is 0 Å². The van der Waals surface area contributed by atoms with Crippen LogP contribution in [0.3, 0.4) is 0 Å². The van der Waals surface area contributed by atoms with Gasteiger partial charge in [-0.25, -0.2) is 4.79 Å². The van der Waals surface area contributed by atoms with Gasteiger partial charge in [0.2, 0.25) is 5.88 Å². The van der Waals surface area contributed by atoms with Gasteiger partial charge in [-0.2, -0.15) is 0 Å². The number of aromatic nitrogens is 2. The summed E-state index contributed by atoms with van der Waals surface area (Å²) in [4.78, 5) is 31.6. The molecule has 26 heavy (non-hydrogen) atoms. The lowest BCUT2D eigenvalue weighted by Crippen LogP contribution is -2.36. The lowest BCUT2D eigenvalue weighted by molar-refractivity contribution is 0.298. The molecule has 4 N–H and O–H groups in total. The molecule has 0 saturated heterocycles. The molecule has 1 aliphatic rings. The molecule has 7 nitrogen and oxygen atoms in total. The number of rotatable bonds is 4. The number of nitrogens with two attached hydrogens (primary N) is 1. The summed E-state index contributed by atoms with van der Waals surface area (Å²) in [5.41, 5.74) is 6.18. The summed E-state index contributed by atoms with van der Waals surface area (Å²) in [6.45, 7) is 1.84. The fourth-order valence-electron chi connectivity index (χ4n) is 3.52. The number of hydrogen-bond donors (Lipinski definition) is 3. The van der Waals surface area contributed by atoms with Crippen molar-refractivity contribution < 1.29 is 5.11 Å². The summed E-state index contributed by atoms with van der Waals surface area (Å²) in [6.07, 6.45) is 5.15. The number of anilines is 1. The van der Waals surface area contributed by atoms with E-state index in [0.717, 1.165) is 32.1 Å². The molecule has 0 unspecified atom stereocenters. The Balaban J connectivity index is 2.15. The quantitative estimate of drug-likeness (QED) is 0.577. The van der Waals surface area contributed by atoms with E-state index in [1.54, 1.807) is 24.3 Å². The van der Waals surface area contributed by atoms with Gasteiger partial charge >= 0.3 is 5.69 Å². The second kappa shape index (κ2) is 7.59. The molecule has 0 aliphatic heterocycles. The zero-order valence-corrected chi connectivity index (χ0v) is 14.9. The van der Waals surface area contributed by atoms with Crippen LogP contribution < -0.4 is 17.0 Å². The molecule has 2 aromatic rings. The van der Waals surface area contributed by atoms with E-state index in [-0.39, 0.29) is 17.5 Å². The van der Waals surface area contributed by atoms with Gasteiger partial charge in [0, 0.05) is 6.04 Å². The summed E-state index contributed by atoms with van der Waals surface area (Å²) in [5.74, 6) is -0.305. The average Bonchev–Trinajstić information content (AvgIpc) is 2.63. The molecule has 0 spiro atoms. The Kier molecular flexibility index (Phi) is 5.25. The van der Waals surface area contributed by atoms with Gasteiger partial charge in [0.1, 0.15) is 5.56 Å². The van der Waals surface area contributed by atoms with Gasteiger partial charge in [0.15, 0.2) is 0 Å². The fraction of sp³-hybridized carbons (Fsp3) is 0.421. The molecule has 1 aliphatic carbocycles. The number of hydrogen-bond acceptors (Lipinski definition) is 5. The van der Waals surface area contributed by atoms with Crippen LogP contribution >= 0.6 is 0 Å². The minimum absolute atomic E-state index is 0.0425. The van der Waals surface area contributed by atoms with Crippen molar-refractivity contribution in [2.24, 2.45) is 4.99 Å². The zero-order valence-electron chi connectivity index (χ0n) is 14.9. The zero-order chi connectivity index (χ0) is 18.7. The first-order chi connectivity index (χ1) is 12.5. The largest absolute Gasteiger partial charge is 0.494 e. The van der Waals surface area contributed by atoms with E-state index < -0.39 is 11.2 Å². The van der Waals surface area contributed by atoms with Crippen molar-refractivity contribution in [3.63, 3.8) is 0 Å². The van der Waals surface area contributed by atoms with Crippen LogP contribution in [0.2, 0.25) is 0 Å². The van der Waals surface area contributed by atoms with Crippen LogP contribution in [0.1, 0.15) is 57.1 Å². The number of para-hydroxylation sites is 2. The van der Waals surface area contributed by atoms with E-state index in [2.05, 4.69) is 9.98 Å². The molecule has 0 bridgehead atoms. The molecule has 1 aromatic heterocycles. The van der Waals surface area contributed by atoms with Gasteiger partial charge in [-0.05, 0) is 31.4 Å². The van der Waals surface area contributed by atoms with Crippen LogP contribution in [0.15, 0.2) is 38.8 Å². The Morgan fingerprint density at radius 3 is 2.62 bits per heavy atom. The Morgan fingerprint density at radius 1 is 1.27 bits per heavy atom. The number of nitrogen functional groups attached to an aromatic ring is 1. The molecule has 1 aromatic carbocycles. The van der Waals surface area contributed by atoms with Crippen LogP contribution in [0.25, 0.3) is 0 Å². The summed E-state index contributed by atoms with van der Waals surface area (Å²) < 4.78 is 1.31. The Labute approximate surface area is 151 Å². The normalized spacial score (nSPS) is 16.0. The van der Waals surface area contributed by atoms with E-state index in [0.29, 0.717) is 23.5 Å². The lowest BCUT2D eigenvalue weighted by Gasteiger charge is -2.25. The predicted octanol–water partition coefficient (Wildman–Crippen LogP) is 2.86. The Morgan fingerprint density at radius 2 is 1.96 bits per heavy atom. The standard InChI is InChI=1S/C19H24N4O3/c1-2-14(21-15-11-7-6-10-13(15)20)16-17(24)22-19(26)23(18(16)25)12-8-4-3-5-9-12/h6-7,10-12,25H,2-5,8-9,20H2,1H3,(H,22,24,26). The second-order valence-electron chi connectivity index (χ2n) is 6.59. The SMILES string of the molecule is CCC(=Nc1ccccc1N)c1c(O)n(C2CCCCC2)c(=O)[nH]c1=O. The first-order valence-electron chi connectivity index (χ1n) is 9.03. The third-order valence-electron chi connectivity index (χ3n) is 4.87. The maximum atomic E-state index is 12.4. The number of benzene rings is 1. The molecule has 0 amide bonds. The first-order valence-corrected chi connectivity index (χ1v) is 9.03. The predicted molar refractivity (Wildman–Crippen MR) is 102 cm³/mol. The summed E-state index contributed by atoms with van der Waals surface area (Å²) in [6, 6.07) is 6.96. The highest BCUT2D eigenvalue weighted by Crippen LogP contribution is 2.31.